The summed E-state index contributed by atoms with van der Waals surface area (Å²) in [5, 5.41) is 9.62. The third kappa shape index (κ3) is 11.8. The van der Waals surface area contributed by atoms with Gasteiger partial charge in [0.2, 0.25) is 0 Å². The Morgan fingerprint density at radius 2 is 1.47 bits per heavy atom. The van der Waals surface area contributed by atoms with E-state index in [-0.39, 0.29) is 6.10 Å². The predicted octanol–water partition coefficient (Wildman–Crippen LogP) is 3.52. The summed E-state index contributed by atoms with van der Waals surface area (Å²) in [6.45, 7) is 6.04. The SMILES string of the molecule is CCCCCC(O)CCCOCCCC. The fourth-order valence-electron chi connectivity index (χ4n) is 1.54. The van der Waals surface area contributed by atoms with Crippen LogP contribution in [0.5, 0.6) is 0 Å². The van der Waals surface area contributed by atoms with Crippen LogP contribution >= 0.6 is 0 Å². The molecule has 0 bridgehead atoms. The second-order valence-corrected chi connectivity index (χ2v) is 4.26. The van der Waals surface area contributed by atoms with E-state index in [0.29, 0.717) is 0 Å². The van der Waals surface area contributed by atoms with E-state index in [4.69, 9.17) is 4.74 Å². The molecular formula is C13H28O2. The van der Waals surface area contributed by atoms with Crippen LogP contribution in [0.25, 0.3) is 0 Å². The number of aliphatic hydroxyl groups is 1. The number of unbranched alkanes of at least 4 members (excludes halogenated alkanes) is 3. The van der Waals surface area contributed by atoms with E-state index >= 15 is 0 Å². The summed E-state index contributed by atoms with van der Waals surface area (Å²) in [4.78, 5) is 0. The van der Waals surface area contributed by atoms with Gasteiger partial charge in [0.25, 0.3) is 0 Å². The van der Waals surface area contributed by atoms with Gasteiger partial charge in [-0.2, -0.15) is 0 Å². The maximum Gasteiger partial charge on any atom is 0.0541 e. The quantitative estimate of drug-likeness (QED) is 0.535. The minimum Gasteiger partial charge on any atom is -0.393 e. The molecule has 2 nitrogen and oxygen atoms in total. The Morgan fingerprint density at radius 3 is 2.13 bits per heavy atom. The van der Waals surface area contributed by atoms with Crippen LogP contribution in [0.3, 0.4) is 0 Å². The smallest absolute Gasteiger partial charge is 0.0541 e. The molecule has 1 N–H and O–H groups in total. The van der Waals surface area contributed by atoms with Gasteiger partial charge in [0.1, 0.15) is 0 Å². The van der Waals surface area contributed by atoms with Crippen molar-refractivity contribution in [1.82, 2.24) is 0 Å². The lowest BCUT2D eigenvalue weighted by atomic mass is 10.1. The first-order valence-electron chi connectivity index (χ1n) is 6.57. The Bertz CT molecular complexity index is 115. The number of rotatable bonds is 11. The van der Waals surface area contributed by atoms with Gasteiger partial charge in [0.15, 0.2) is 0 Å². The van der Waals surface area contributed by atoms with Crippen molar-refractivity contribution < 1.29 is 9.84 Å². The molecule has 0 saturated heterocycles. The summed E-state index contributed by atoms with van der Waals surface area (Å²) in [6, 6.07) is 0. The van der Waals surface area contributed by atoms with Crippen LogP contribution in [0.2, 0.25) is 0 Å². The lowest BCUT2D eigenvalue weighted by Gasteiger charge is -2.10. The van der Waals surface area contributed by atoms with Crippen molar-refractivity contribution in [2.75, 3.05) is 13.2 Å². The van der Waals surface area contributed by atoms with E-state index in [1.807, 2.05) is 0 Å². The van der Waals surface area contributed by atoms with Crippen LogP contribution in [0, 0.1) is 0 Å². The van der Waals surface area contributed by atoms with E-state index < -0.39 is 0 Å². The van der Waals surface area contributed by atoms with Gasteiger partial charge in [-0.3, -0.25) is 0 Å². The highest BCUT2D eigenvalue weighted by atomic mass is 16.5. The van der Waals surface area contributed by atoms with Crippen molar-refractivity contribution >= 4 is 0 Å². The van der Waals surface area contributed by atoms with Crippen molar-refractivity contribution in [3.63, 3.8) is 0 Å². The monoisotopic (exact) mass is 216 g/mol. The van der Waals surface area contributed by atoms with E-state index in [1.165, 1.54) is 19.3 Å². The molecule has 92 valence electrons. The molecule has 0 aliphatic rings. The molecule has 0 radical (unpaired) electrons. The molecule has 0 amide bonds. The average molecular weight is 216 g/mol. The first kappa shape index (κ1) is 14.9. The van der Waals surface area contributed by atoms with Gasteiger partial charge in [-0.05, 0) is 25.7 Å². The maximum atomic E-state index is 9.62. The molecule has 0 aromatic carbocycles. The molecule has 0 aliphatic carbocycles. The number of ether oxygens (including phenoxy) is 1. The zero-order valence-corrected chi connectivity index (χ0v) is 10.5. The van der Waals surface area contributed by atoms with E-state index in [1.54, 1.807) is 0 Å². The minimum atomic E-state index is -0.105. The Labute approximate surface area is 95.0 Å². The first-order valence-corrected chi connectivity index (χ1v) is 6.57. The topological polar surface area (TPSA) is 29.5 Å². The zero-order chi connectivity index (χ0) is 11.4. The van der Waals surface area contributed by atoms with Gasteiger partial charge >= 0.3 is 0 Å². The van der Waals surface area contributed by atoms with E-state index in [9.17, 15) is 5.11 Å². The largest absolute Gasteiger partial charge is 0.393 e. The fraction of sp³-hybridized carbons (Fsp3) is 1.00. The van der Waals surface area contributed by atoms with Gasteiger partial charge in [-0.15, -0.1) is 0 Å². The Kier molecular flexibility index (Phi) is 11.9. The molecule has 0 heterocycles. The predicted molar refractivity (Wildman–Crippen MR) is 65.1 cm³/mol. The summed E-state index contributed by atoms with van der Waals surface area (Å²) in [5.41, 5.74) is 0. The third-order valence-corrected chi connectivity index (χ3v) is 2.61. The summed E-state index contributed by atoms with van der Waals surface area (Å²) >= 11 is 0. The minimum absolute atomic E-state index is 0.105. The molecule has 1 unspecified atom stereocenters. The zero-order valence-electron chi connectivity index (χ0n) is 10.5. The summed E-state index contributed by atoms with van der Waals surface area (Å²) in [6.07, 6.45) is 8.73. The highest BCUT2D eigenvalue weighted by Crippen LogP contribution is 2.08. The van der Waals surface area contributed by atoms with Crippen molar-refractivity contribution in [1.29, 1.82) is 0 Å². The lowest BCUT2D eigenvalue weighted by molar-refractivity contribution is 0.101. The van der Waals surface area contributed by atoms with Crippen molar-refractivity contribution in [2.45, 2.75) is 71.3 Å². The van der Waals surface area contributed by atoms with Gasteiger partial charge in [-0.1, -0.05) is 39.5 Å². The normalized spacial score (nSPS) is 13.0. The molecule has 0 aromatic heterocycles. The molecule has 0 aromatic rings. The van der Waals surface area contributed by atoms with Crippen LogP contribution in [-0.4, -0.2) is 24.4 Å². The van der Waals surface area contributed by atoms with E-state index in [0.717, 1.165) is 45.3 Å². The van der Waals surface area contributed by atoms with Crippen LogP contribution in [0.15, 0.2) is 0 Å². The van der Waals surface area contributed by atoms with Gasteiger partial charge in [-0.25, -0.2) is 0 Å². The lowest BCUT2D eigenvalue weighted by Crippen LogP contribution is -2.08. The fourth-order valence-corrected chi connectivity index (χ4v) is 1.54. The van der Waals surface area contributed by atoms with Crippen molar-refractivity contribution in [3.8, 4) is 0 Å². The van der Waals surface area contributed by atoms with Gasteiger partial charge in [0.05, 0.1) is 6.10 Å². The standard InChI is InChI=1S/C13H28O2/c1-3-5-7-9-13(14)10-8-12-15-11-6-4-2/h13-14H,3-12H2,1-2H3. The maximum absolute atomic E-state index is 9.62. The number of hydrogen-bond donors (Lipinski definition) is 1. The molecule has 15 heavy (non-hydrogen) atoms. The Balaban J connectivity index is 3.06. The second kappa shape index (κ2) is 12.0. The molecular weight excluding hydrogens is 188 g/mol. The Morgan fingerprint density at radius 1 is 0.867 bits per heavy atom. The summed E-state index contributed by atoms with van der Waals surface area (Å²) in [5.74, 6) is 0. The van der Waals surface area contributed by atoms with Crippen LogP contribution in [0.1, 0.15) is 65.2 Å². The van der Waals surface area contributed by atoms with Crippen LogP contribution in [0.4, 0.5) is 0 Å². The van der Waals surface area contributed by atoms with Gasteiger partial charge < -0.3 is 9.84 Å². The molecule has 0 fully saturated rings. The summed E-state index contributed by atoms with van der Waals surface area (Å²) in [7, 11) is 0. The molecule has 0 spiro atoms. The number of aliphatic hydroxyl groups excluding tert-OH is 1. The van der Waals surface area contributed by atoms with Crippen LogP contribution < -0.4 is 0 Å². The molecule has 0 aliphatic heterocycles. The molecule has 2 heteroatoms. The second-order valence-electron chi connectivity index (χ2n) is 4.26. The molecule has 1 atom stereocenters. The molecule has 0 rings (SSSR count). The number of hydrogen-bond acceptors (Lipinski definition) is 2. The van der Waals surface area contributed by atoms with Crippen molar-refractivity contribution in [3.05, 3.63) is 0 Å². The molecule has 0 saturated carbocycles. The van der Waals surface area contributed by atoms with Gasteiger partial charge in [0, 0.05) is 13.2 Å². The highest BCUT2D eigenvalue weighted by Gasteiger charge is 2.02. The highest BCUT2D eigenvalue weighted by molar-refractivity contribution is 4.55. The Hall–Kier alpha value is -0.0800. The van der Waals surface area contributed by atoms with Crippen LogP contribution in [-0.2, 0) is 4.74 Å². The average Bonchev–Trinajstić information content (AvgIpc) is 2.23. The third-order valence-electron chi connectivity index (χ3n) is 2.61. The first-order chi connectivity index (χ1) is 7.31. The van der Waals surface area contributed by atoms with Crippen molar-refractivity contribution in [2.24, 2.45) is 0 Å². The summed E-state index contributed by atoms with van der Waals surface area (Å²) < 4.78 is 5.44. The van der Waals surface area contributed by atoms with E-state index in [2.05, 4.69) is 13.8 Å².